The molecule has 0 amide bonds. The molecule has 3 aliphatic heterocycles. The maximum absolute atomic E-state index is 6.20. The minimum atomic E-state index is 0.323. The number of ether oxygens (including phenoxy) is 1. The molecule has 1 saturated heterocycles. The van der Waals surface area contributed by atoms with E-state index >= 15 is 0 Å². The van der Waals surface area contributed by atoms with Gasteiger partial charge in [-0.15, -0.1) is 0 Å². The van der Waals surface area contributed by atoms with E-state index in [1.807, 2.05) is 12.1 Å². The van der Waals surface area contributed by atoms with Crippen LogP contribution in [0.25, 0.3) is 5.57 Å². The monoisotopic (exact) mass is 354 g/mol. The highest BCUT2D eigenvalue weighted by Crippen LogP contribution is 2.38. The molecule has 1 aromatic rings. The van der Waals surface area contributed by atoms with E-state index in [0.29, 0.717) is 11.9 Å². The van der Waals surface area contributed by atoms with Crippen molar-refractivity contribution >= 4 is 23.4 Å². The predicted octanol–water partition coefficient (Wildman–Crippen LogP) is 1.48. The van der Waals surface area contributed by atoms with Gasteiger partial charge in [0.05, 0.1) is 19.3 Å². The molecule has 0 bridgehead atoms. The molecule has 1 unspecified atom stereocenters. The number of amidine groups is 1. The Bertz CT molecular complexity index is 733. The van der Waals surface area contributed by atoms with Crippen LogP contribution in [0.15, 0.2) is 40.1 Å². The number of rotatable bonds is 5. The van der Waals surface area contributed by atoms with E-state index in [2.05, 4.69) is 32.1 Å². The van der Waals surface area contributed by atoms with E-state index in [1.54, 1.807) is 6.34 Å². The number of nitrogens with zero attached hydrogens (tertiary/aromatic N) is 4. The number of hydrazone groups is 1. The summed E-state index contributed by atoms with van der Waals surface area (Å²) in [6.07, 6.45) is 4.69. The normalized spacial score (nSPS) is 23.3. The van der Waals surface area contributed by atoms with Gasteiger partial charge in [-0.2, -0.15) is 5.10 Å². The van der Waals surface area contributed by atoms with Crippen LogP contribution < -0.4 is 11.5 Å². The second-order valence-corrected chi connectivity index (χ2v) is 6.99. The zero-order valence-electron chi connectivity index (χ0n) is 15.0. The molecule has 1 atom stereocenters. The molecule has 0 aromatic heterocycles. The second-order valence-electron chi connectivity index (χ2n) is 6.99. The number of hydrogen-bond acceptors (Lipinski definition) is 7. The summed E-state index contributed by atoms with van der Waals surface area (Å²) in [4.78, 5) is 6.69. The molecule has 3 heterocycles. The fourth-order valence-corrected chi connectivity index (χ4v) is 3.91. The van der Waals surface area contributed by atoms with Gasteiger partial charge >= 0.3 is 0 Å². The molecule has 4 N–H and O–H groups in total. The minimum Gasteiger partial charge on any atom is -0.399 e. The zero-order valence-corrected chi connectivity index (χ0v) is 15.0. The standard InChI is InChI=1S/C19H26N6O/c20-15-5-3-14(4-6-15)17-12-16(25-18(17)19(21)22-13-23-25)2-1-7-24-8-10-26-11-9-24/h3-6,13,16H,1-2,7-12,20H2,(H2,21,22,23). The summed E-state index contributed by atoms with van der Waals surface area (Å²) < 4.78 is 5.42. The summed E-state index contributed by atoms with van der Waals surface area (Å²) in [5.41, 5.74) is 16.1. The summed E-state index contributed by atoms with van der Waals surface area (Å²) in [7, 11) is 0. The molecule has 0 radical (unpaired) electrons. The van der Waals surface area contributed by atoms with Crippen molar-refractivity contribution in [2.45, 2.75) is 25.3 Å². The maximum atomic E-state index is 6.20. The Kier molecular flexibility index (Phi) is 4.90. The molecule has 26 heavy (non-hydrogen) atoms. The number of benzene rings is 1. The Balaban J connectivity index is 1.46. The molecule has 4 rings (SSSR count). The quantitative estimate of drug-likeness (QED) is 0.782. The summed E-state index contributed by atoms with van der Waals surface area (Å²) in [5, 5.41) is 6.57. The third-order valence-corrected chi connectivity index (χ3v) is 5.29. The molecule has 0 saturated carbocycles. The lowest BCUT2D eigenvalue weighted by atomic mass is 9.98. The lowest BCUT2D eigenvalue weighted by Crippen LogP contribution is -2.38. The molecule has 0 spiro atoms. The third kappa shape index (κ3) is 3.45. The van der Waals surface area contributed by atoms with Crippen LogP contribution in [0.5, 0.6) is 0 Å². The van der Waals surface area contributed by atoms with E-state index in [1.165, 1.54) is 5.57 Å². The van der Waals surface area contributed by atoms with E-state index in [0.717, 1.165) is 69.1 Å². The highest BCUT2D eigenvalue weighted by atomic mass is 16.5. The smallest absolute Gasteiger partial charge is 0.151 e. The van der Waals surface area contributed by atoms with Crippen molar-refractivity contribution in [2.75, 3.05) is 38.6 Å². The van der Waals surface area contributed by atoms with E-state index < -0.39 is 0 Å². The Hall–Kier alpha value is -2.38. The molecule has 0 aliphatic carbocycles. The van der Waals surface area contributed by atoms with E-state index in [-0.39, 0.29) is 0 Å². The van der Waals surface area contributed by atoms with Crippen LogP contribution in [0.1, 0.15) is 24.8 Å². The van der Waals surface area contributed by atoms with Gasteiger partial charge in [-0.05, 0) is 49.1 Å². The average molecular weight is 354 g/mol. The molecule has 138 valence electrons. The highest BCUT2D eigenvalue weighted by molar-refractivity contribution is 6.08. The number of nitrogens with two attached hydrogens (primary N) is 2. The van der Waals surface area contributed by atoms with Gasteiger partial charge < -0.3 is 16.2 Å². The molecule has 7 heteroatoms. The summed E-state index contributed by atoms with van der Waals surface area (Å²) in [6.45, 7) is 4.87. The summed E-state index contributed by atoms with van der Waals surface area (Å²) in [5.74, 6) is 0.544. The van der Waals surface area contributed by atoms with Crippen molar-refractivity contribution in [3.05, 3.63) is 35.5 Å². The minimum absolute atomic E-state index is 0.323. The van der Waals surface area contributed by atoms with Gasteiger partial charge in [0.1, 0.15) is 12.0 Å². The molecular formula is C19H26N6O. The van der Waals surface area contributed by atoms with Crippen LogP contribution in [0, 0.1) is 0 Å². The van der Waals surface area contributed by atoms with Gasteiger partial charge in [-0.1, -0.05) is 12.1 Å². The first-order chi connectivity index (χ1) is 12.7. The first-order valence-electron chi connectivity index (χ1n) is 9.27. The molecule has 1 fully saturated rings. The Labute approximate surface area is 154 Å². The van der Waals surface area contributed by atoms with Gasteiger partial charge in [0.15, 0.2) is 5.84 Å². The first kappa shape index (κ1) is 17.1. The highest BCUT2D eigenvalue weighted by Gasteiger charge is 2.35. The number of hydrogen-bond donors (Lipinski definition) is 2. The number of morpholine rings is 1. The zero-order chi connectivity index (χ0) is 17.9. The number of nitrogen functional groups attached to an aromatic ring is 1. The van der Waals surface area contributed by atoms with Crippen LogP contribution in [0.2, 0.25) is 0 Å². The van der Waals surface area contributed by atoms with Crippen LogP contribution in [-0.4, -0.2) is 61.0 Å². The molecular weight excluding hydrogens is 328 g/mol. The van der Waals surface area contributed by atoms with Gasteiger partial charge in [0, 0.05) is 18.8 Å². The molecule has 7 nitrogen and oxygen atoms in total. The Morgan fingerprint density at radius 1 is 1.12 bits per heavy atom. The number of anilines is 1. The second kappa shape index (κ2) is 7.47. The van der Waals surface area contributed by atoms with Crippen molar-refractivity contribution in [1.82, 2.24) is 9.91 Å². The van der Waals surface area contributed by atoms with Crippen LogP contribution >= 0.6 is 0 Å². The average Bonchev–Trinajstić information content (AvgIpc) is 3.03. The van der Waals surface area contributed by atoms with Gasteiger partial charge in [-0.3, -0.25) is 9.91 Å². The largest absolute Gasteiger partial charge is 0.399 e. The number of aliphatic imine (C=N–C) groups is 1. The lowest BCUT2D eigenvalue weighted by molar-refractivity contribution is 0.0364. The van der Waals surface area contributed by atoms with Crippen molar-refractivity contribution in [2.24, 2.45) is 15.8 Å². The summed E-state index contributed by atoms with van der Waals surface area (Å²) >= 11 is 0. The number of fused-ring (bicyclic) bond motifs is 1. The predicted molar refractivity (Wildman–Crippen MR) is 105 cm³/mol. The van der Waals surface area contributed by atoms with Gasteiger partial charge in [0.25, 0.3) is 0 Å². The fourth-order valence-electron chi connectivity index (χ4n) is 3.91. The van der Waals surface area contributed by atoms with Crippen LogP contribution in [0.4, 0.5) is 5.69 Å². The Morgan fingerprint density at radius 2 is 1.88 bits per heavy atom. The first-order valence-corrected chi connectivity index (χ1v) is 9.27. The van der Waals surface area contributed by atoms with E-state index in [9.17, 15) is 0 Å². The van der Waals surface area contributed by atoms with Crippen molar-refractivity contribution in [3.63, 3.8) is 0 Å². The van der Waals surface area contributed by atoms with Crippen LogP contribution in [-0.2, 0) is 4.74 Å². The van der Waals surface area contributed by atoms with Crippen molar-refractivity contribution in [3.8, 4) is 0 Å². The fraction of sp³-hybridized carbons (Fsp3) is 0.474. The van der Waals surface area contributed by atoms with Crippen molar-refractivity contribution < 1.29 is 4.74 Å². The van der Waals surface area contributed by atoms with E-state index in [4.69, 9.17) is 16.2 Å². The Morgan fingerprint density at radius 3 is 2.65 bits per heavy atom. The molecule has 3 aliphatic rings. The topological polar surface area (TPSA) is 92.5 Å². The van der Waals surface area contributed by atoms with Gasteiger partial charge in [-0.25, -0.2) is 4.99 Å². The SMILES string of the molecule is NC1=NC=NN2C1=C(c1ccc(N)cc1)CC2CCCN1CCOCC1. The van der Waals surface area contributed by atoms with Crippen LogP contribution in [0.3, 0.4) is 0 Å². The third-order valence-electron chi connectivity index (χ3n) is 5.29. The summed E-state index contributed by atoms with van der Waals surface area (Å²) in [6, 6.07) is 8.29. The van der Waals surface area contributed by atoms with Crippen molar-refractivity contribution in [1.29, 1.82) is 0 Å². The maximum Gasteiger partial charge on any atom is 0.151 e. The lowest BCUT2D eigenvalue weighted by Gasteiger charge is -2.29. The van der Waals surface area contributed by atoms with Gasteiger partial charge in [0.2, 0.25) is 0 Å². The molecule has 1 aromatic carbocycles.